The maximum absolute atomic E-state index is 13.0. The minimum Gasteiger partial charge on any atom is -0.345 e. The smallest absolute Gasteiger partial charge is 0.255 e. The van der Waals surface area contributed by atoms with E-state index >= 15 is 0 Å². The van der Waals surface area contributed by atoms with Crippen LogP contribution in [-0.4, -0.2) is 72.3 Å². The van der Waals surface area contributed by atoms with Gasteiger partial charge in [-0.25, -0.2) is 0 Å². The molecule has 1 aromatic rings. The van der Waals surface area contributed by atoms with E-state index in [9.17, 15) is 9.59 Å². The van der Waals surface area contributed by atoms with E-state index < -0.39 is 0 Å². The zero-order valence-corrected chi connectivity index (χ0v) is 18.2. The molecule has 1 atom stereocenters. The molecule has 7 heteroatoms. The summed E-state index contributed by atoms with van der Waals surface area (Å²) < 4.78 is 0. The van der Waals surface area contributed by atoms with Gasteiger partial charge in [-0.2, -0.15) is 0 Å². The van der Waals surface area contributed by atoms with Crippen molar-refractivity contribution in [3.05, 3.63) is 33.8 Å². The lowest BCUT2D eigenvalue weighted by atomic mass is 9.94. The first-order valence-corrected chi connectivity index (χ1v) is 10.9. The zero-order valence-electron chi connectivity index (χ0n) is 16.7. The second-order valence-electron chi connectivity index (χ2n) is 7.79. The molecule has 0 N–H and O–H groups in total. The predicted octanol–water partition coefficient (Wildman–Crippen LogP) is 3.79. The fraction of sp³-hybridized carbons (Fsp3) is 0.619. The normalized spacial score (nSPS) is 19.6. The van der Waals surface area contributed by atoms with E-state index in [-0.39, 0.29) is 17.9 Å². The Kier molecular flexibility index (Phi) is 7.24. The van der Waals surface area contributed by atoms with Crippen LogP contribution in [0.1, 0.15) is 43.0 Å². The topological polar surface area (TPSA) is 43.9 Å². The maximum Gasteiger partial charge on any atom is 0.255 e. The van der Waals surface area contributed by atoms with E-state index in [0.717, 1.165) is 19.4 Å². The first-order valence-electron chi connectivity index (χ1n) is 10.2. The van der Waals surface area contributed by atoms with Gasteiger partial charge < -0.3 is 9.80 Å². The van der Waals surface area contributed by atoms with Crippen molar-refractivity contribution < 1.29 is 9.59 Å². The van der Waals surface area contributed by atoms with E-state index in [4.69, 9.17) is 23.2 Å². The van der Waals surface area contributed by atoms with Gasteiger partial charge in [0.1, 0.15) is 0 Å². The highest BCUT2D eigenvalue weighted by Crippen LogP contribution is 2.32. The fourth-order valence-electron chi connectivity index (χ4n) is 4.35. The van der Waals surface area contributed by atoms with E-state index in [1.165, 1.54) is 12.8 Å². The highest BCUT2D eigenvalue weighted by Gasteiger charge is 2.38. The van der Waals surface area contributed by atoms with Gasteiger partial charge in [0.15, 0.2) is 0 Å². The van der Waals surface area contributed by atoms with Gasteiger partial charge in [-0.05, 0) is 43.9 Å². The number of nitrogens with zero attached hydrogens (tertiary/aromatic N) is 3. The van der Waals surface area contributed by atoms with Gasteiger partial charge in [-0.1, -0.05) is 36.0 Å². The molecule has 2 amide bonds. The molecule has 1 aromatic carbocycles. The second kappa shape index (κ2) is 9.47. The summed E-state index contributed by atoms with van der Waals surface area (Å²) in [7, 11) is 1.88. The van der Waals surface area contributed by atoms with Crippen LogP contribution < -0.4 is 0 Å². The predicted molar refractivity (Wildman–Crippen MR) is 113 cm³/mol. The SMILES string of the molecule is CCN(C)C(=O)[C@H](C1CCCC1)N1CCN(C(=O)c2ccc(Cl)cc2Cl)CC1. The Bertz CT molecular complexity index is 714. The van der Waals surface area contributed by atoms with Crippen molar-refractivity contribution in [2.45, 2.75) is 38.6 Å². The molecule has 1 saturated carbocycles. The molecule has 1 saturated heterocycles. The molecule has 1 aliphatic carbocycles. The summed E-state index contributed by atoms with van der Waals surface area (Å²) in [6.45, 7) is 5.35. The summed E-state index contributed by atoms with van der Waals surface area (Å²) in [5, 5.41) is 0.896. The summed E-state index contributed by atoms with van der Waals surface area (Å²) in [5.41, 5.74) is 0.480. The van der Waals surface area contributed by atoms with E-state index in [1.54, 1.807) is 18.2 Å². The van der Waals surface area contributed by atoms with Crippen LogP contribution in [-0.2, 0) is 4.79 Å². The van der Waals surface area contributed by atoms with Crippen molar-refractivity contribution in [1.29, 1.82) is 0 Å². The molecule has 154 valence electrons. The van der Waals surface area contributed by atoms with Gasteiger partial charge in [-0.15, -0.1) is 0 Å². The number of benzene rings is 1. The quantitative estimate of drug-likeness (QED) is 0.720. The Morgan fingerprint density at radius 1 is 1.14 bits per heavy atom. The second-order valence-corrected chi connectivity index (χ2v) is 8.64. The first kappa shape index (κ1) is 21.4. The standard InChI is InChI=1S/C21H29Cl2N3O2/c1-3-24(2)21(28)19(15-6-4-5-7-15)25-10-12-26(13-11-25)20(27)17-9-8-16(22)14-18(17)23/h8-9,14-15,19H,3-7,10-13H2,1-2H3/t19-/m0/s1. The molecule has 0 spiro atoms. The minimum atomic E-state index is -0.0734. The molecular weight excluding hydrogens is 397 g/mol. The molecule has 0 radical (unpaired) electrons. The number of piperazine rings is 1. The lowest BCUT2D eigenvalue weighted by molar-refractivity contribution is -0.138. The average molecular weight is 426 g/mol. The highest BCUT2D eigenvalue weighted by atomic mass is 35.5. The Morgan fingerprint density at radius 2 is 1.79 bits per heavy atom. The Labute approximate surface area is 177 Å². The van der Waals surface area contributed by atoms with Gasteiger partial charge in [0.25, 0.3) is 5.91 Å². The fourth-order valence-corrected chi connectivity index (χ4v) is 4.84. The van der Waals surface area contributed by atoms with Crippen LogP contribution in [0.2, 0.25) is 10.0 Å². The maximum atomic E-state index is 13.0. The van der Waals surface area contributed by atoms with Crippen molar-refractivity contribution in [3.8, 4) is 0 Å². The molecule has 28 heavy (non-hydrogen) atoms. The average Bonchev–Trinajstić information content (AvgIpc) is 3.21. The van der Waals surface area contributed by atoms with Gasteiger partial charge in [0.2, 0.25) is 5.91 Å². The number of rotatable bonds is 5. The third kappa shape index (κ3) is 4.64. The Morgan fingerprint density at radius 3 is 2.36 bits per heavy atom. The van der Waals surface area contributed by atoms with Crippen molar-refractivity contribution in [3.63, 3.8) is 0 Å². The summed E-state index contributed by atoms with van der Waals surface area (Å²) in [6, 6.07) is 4.90. The summed E-state index contributed by atoms with van der Waals surface area (Å²) in [4.78, 5) is 31.8. The van der Waals surface area contributed by atoms with Crippen molar-refractivity contribution in [2.75, 3.05) is 39.8 Å². The van der Waals surface area contributed by atoms with Crippen LogP contribution in [0.5, 0.6) is 0 Å². The van der Waals surface area contributed by atoms with Crippen molar-refractivity contribution in [2.24, 2.45) is 5.92 Å². The monoisotopic (exact) mass is 425 g/mol. The molecule has 2 fully saturated rings. The number of likely N-dealkylation sites (N-methyl/N-ethyl adjacent to an activating group) is 1. The van der Waals surface area contributed by atoms with Crippen LogP contribution >= 0.6 is 23.2 Å². The van der Waals surface area contributed by atoms with Crippen LogP contribution in [0.15, 0.2) is 18.2 Å². The minimum absolute atomic E-state index is 0.0659. The Hall–Kier alpha value is -1.30. The summed E-state index contributed by atoms with van der Waals surface area (Å²) in [5.74, 6) is 0.570. The number of carbonyl (C=O) groups is 2. The molecule has 5 nitrogen and oxygen atoms in total. The first-order chi connectivity index (χ1) is 13.4. The lowest BCUT2D eigenvalue weighted by Gasteiger charge is -2.42. The molecular formula is C21H29Cl2N3O2. The molecule has 1 aliphatic heterocycles. The summed E-state index contributed by atoms with van der Waals surface area (Å²) in [6.07, 6.45) is 4.65. The molecule has 1 heterocycles. The third-order valence-corrected chi connectivity index (χ3v) is 6.65. The molecule has 3 rings (SSSR count). The number of hydrogen-bond donors (Lipinski definition) is 0. The van der Waals surface area contributed by atoms with Gasteiger partial charge in [0, 0.05) is 44.8 Å². The van der Waals surface area contributed by atoms with Crippen LogP contribution in [0.4, 0.5) is 0 Å². The third-order valence-electron chi connectivity index (χ3n) is 6.11. The number of carbonyl (C=O) groups excluding carboxylic acids is 2. The molecule has 2 aliphatic rings. The number of hydrogen-bond acceptors (Lipinski definition) is 3. The van der Waals surface area contributed by atoms with E-state index in [2.05, 4.69) is 4.90 Å². The molecule has 0 aromatic heterocycles. The van der Waals surface area contributed by atoms with Crippen LogP contribution in [0, 0.1) is 5.92 Å². The number of amides is 2. The van der Waals surface area contributed by atoms with Gasteiger partial charge in [0.05, 0.1) is 16.6 Å². The lowest BCUT2D eigenvalue weighted by Crippen LogP contribution is -2.58. The summed E-state index contributed by atoms with van der Waals surface area (Å²) >= 11 is 12.1. The molecule has 0 bridgehead atoms. The van der Waals surface area contributed by atoms with Crippen molar-refractivity contribution in [1.82, 2.24) is 14.7 Å². The van der Waals surface area contributed by atoms with E-state index in [0.29, 0.717) is 47.7 Å². The highest BCUT2D eigenvalue weighted by molar-refractivity contribution is 6.36. The zero-order chi connectivity index (χ0) is 20.3. The van der Waals surface area contributed by atoms with E-state index in [1.807, 2.05) is 23.8 Å². The largest absolute Gasteiger partial charge is 0.345 e. The van der Waals surface area contributed by atoms with Crippen molar-refractivity contribution >= 4 is 35.0 Å². The molecule has 0 unspecified atom stereocenters. The van der Waals surface area contributed by atoms with Crippen LogP contribution in [0.25, 0.3) is 0 Å². The Balaban J connectivity index is 1.68. The van der Waals surface area contributed by atoms with Crippen LogP contribution in [0.3, 0.4) is 0 Å². The van der Waals surface area contributed by atoms with Gasteiger partial charge in [-0.3, -0.25) is 14.5 Å². The number of halogens is 2. The van der Waals surface area contributed by atoms with Gasteiger partial charge >= 0.3 is 0 Å².